The largest absolute Gasteiger partial charge is 0.467 e. The molecule has 0 fully saturated rings. The standard InChI is InChI=1S/C17H21NO5S/c1-13(2)17(19)18(12-16-5-4-10-22-16)11-14-6-8-15(9-7-14)23-24(3,20)21/h4-10,13H,11-12H2,1-3H3. The zero-order chi connectivity index (χ0) is 17.7. The van der Waals surface area contributed by atoms with E-state index in [4.69, 9.17) is 8.60 Å². The predicted octanol–water partition coefficient (Wildman–Crippen LogP) is 2.80. The van der Waals surface area contributed by atoms with Crippen molar-refractivity contribution in [3.8, 4) is 5.75 Å². The van der Waals surface area contributed by atoms with E-state index < -0.39 is 10.1 Å². The molecule has 2 aromatic rings. The fourth-order valence-electron chi connectivity index (χ4n) is 2.21. The van der Waals surface area contributed by atoms with Crippen LogP contribution in [0.5, 0.6) is 5.75 Å². The highest BCUT2D eigenvalue weighted by Crippen LogP contribution is 2.18. The first-order valence-corrected chi connectivity index (χ1v) is 9.36. The minimum absolute atomic E-state index is 0.0165. The van der Waals surface area contributed by atoms with Crippen molar-refractivity contribution in [1.29, 1.82) is 0 Å². The predicted molar refractivity (Wildman–Crippen MR) is 89.7 cm³/mol. The van der Waals surface area contributed by atoms with Crippen LogP contribution in [0.1, 0.15) is 25.2 Å². The van der Waals surface area contributed by atoms with Crippen molar-refractivity contribution in [3.05, 3.63) is 54.0 Å². The van der Waals surface area contributed by atoms with Crippen LogP contribution in [-0.4, -0.2) is 25.5 Å². The van der Waals surface area contributed by atoms with Gasteiger partial charge in [0.15, 0.2) is 0 Å². The maximum Gasteiger partial charge on any atom is 0.306 e. The second-order valence-corrected chi connectivity index (χ2v) is 7.43. The second kappa shape index (κ2) is 7.53. The number of carbonyl (C=O) groups excluding carboxylic acids is 1. The summed E-state index contributed by atoms with van der Waals surface area (Å²) in [6.07, 6.45) is 2.57. The monoisotopic (exact) mass is 351 g/mol. The highest BCUT2D eigenvalue weighted by atomic mass is 32.2. The quantitative estimate of drug-likeness (QED) is 0.717. The molecule has 1 amide bonds. The molecule has 0 unspecified atom stereocenters. The van der Waals surface area contributed by atoms with Gasteiger partial charge >= 0.3 is 10.1 Å². The topological polar surface area (TPSA) is 76.8 Å². The molecule has 1 aromatic heterocycles. The van der Waals surface area contributed by atoms with E-state index >= 15 is 0 Å². The van der Waals surface area contributed by atoms with E-state index in [0.717, 1.165) is 11.8 Å². The van der Waals surface area contributed by atoms with E-state index in [-0.39, 0.29) is 17.6 Å². The Morgan fingerprint density at radius 1 is 1.17 bits per heavy atom. The number of carbonyl (C=O) groups is 1. The van der Waals surface area contributed by atoms with Gasteiger partial charge in [0.25, 0.3) is 0 Å². The second-order valence-electron chi connectivity index (χ2n) is 5.86. The zero-order valence-electron chi connectivity index (χ0n) is 13.9. The van der Waals surface area contributed by atoms with E-state index in [2.05, 4.69) is 0 Å². The van der Waals surface area contributed by atoms with Crippen molar-refractivity contribution < 1.29 is 21.8 Å². The lowest BCUT2D eigenvalue weighted by atomic mass is 10.1. The van der Waals surface area contributed by atoms with Gasteiger partial charge in [0.1, 0.15) is 11.5 Å². The first-order valence-electron chi connectivity index (χ1n) is 7.54. The van der Waals surface area contributed by atoms with Gasteiger partial charge in [0.05, 0.1) is 19.1 Å². The molecule has 1 heterocycles. The van der Waals surface area contributed by atoms with Gasteiger partial charge in [-0.25, -0.2) is 0 Å². The van der Waals surface area contributed by atoms with Crippen molar-refractivity contribution >= 4 is 16.0 Å². The van der Waals surface area contributed by atoms with Crippen molar-refractivity contribution in [2.24, 2.45) is 5.92 Å². The van der Waals surface area contributed by atoms with E-state index in [9.17, 15) is 13.2 Å². The molecule has 0 spiro atoms. The van der Waals surface area contributed by atoms with Crippen LogP contribution in [0.2, 0.25) is 0 Å². The van der Waals surface area contributed by atoms with Crippen LogP contribution in [0.15, 0.2) is 47.1 Å². The van der Waals surface area contributed by atoms with Crippen LogP contribution in [0.25, 0.3) is 0 Å². The summed E-state index contributed by atoms with van der Waals surface area (Å²) in [5.41, 5.74) is 0.872. The van der Waals surface area contributed by atoms with Gasteiger partial charge in [-0.2, -0.15) is 8.42 Å². The molecule has 130 valence electrons. The van der Waals surface area contributed by atoms with Gasteiger partial charge in [-0.05, 0) is 29.8 Å². The Bertz CT molecular complexity index is 764. The minimum Gasteiger partial charge on any atom is -0.467 e. The number of nitrogens with zero attached hydrogens (tertiary/aromatic N) is 1. The molecule has 0 saturated carbocycles. The fraction of sp³-hybridized carbons (Fsp3) is 0.353. The summed E-state index contributed by atoms with van der Waals surface area (Å²) in [5.74, 6) is 0.839. The maximum absolute atomic E-state index is 12.4. The van der Waals surface area contributed by atoms with Crippen molar-refractivity contribution in [3.63, 3.8) is 0 Å². The Hall–Kier alpha value is -2.28. The van der Waals surface area contributed by atoms with Crippen molar-refractivity contribution in [1.82, 2.24) is 4.90 Å². The molecule has 24 heavy (non-hydrogen) atoms. The van der Waals surface area contributed by atoms with Gasteiger partial charge in [-0.15, -0.1) is 0 Å². The average Bonchev–Trinajstić information content (AvgIpc) is 2.99. The molecule has 0 aliphatic carbocycles. The van der Waals surface area contributed by atoms with Crippen molar-refractivity contribution in [2.45, 2.75) is 26.9 Å². The van der Waals surface area contributed by atoms with E-state index in [0.29, 0.717) is 18.8 Å². The molecule has 0 radical (unpaired) electrons. The average molecular weight is 351 g/mol. The van der Waals surface area contributed by atoms with Crippen LogP contribution < -0.4 is 4.18 Å². The van der Waals surface area contributed by atoms with Crippen LogP contribution in [-0.2, 0) is 28.0 Å². The first-order chi connectivity index (χ1) is 11.2. The Kier molecular flexibility index (Phi) is 5.66. The Morgan fingerprint density at radius 3 is 2.33 bits per heavy atom. The Balaban J connectivity index is 2.12. The molecule has 0 saturated heterocycles. The molecule has 0 aliphatic heterocycles. The van der Waals surface area contributed by atoms with E-state index in [1.54, 1.807) is 41.5 Å². The number of hydrogen-bond donors (Lipinski definition) is 0. The van der Waals surface area contributed by atoms with E-state index in [1.165, 1.54) is 0 Å². The number of benzene rings is 1. The molecular weight excluding hydrogens is 330 g/mol. The number of amides is 1. The molecule has 6 nitrogen and oxygen atoms in total. The van der Waals surface area contributed by atoms with Gasteiger partial charge in [-0.1, -0.05) is 26.0 Å². The Morgan fingerprint density at radius 2 is 1.83 bits per heavy atom. The van der Waals surface area contributed by atoms with Crippen LogP contribution in [0, 0.1) is 5.92 Å². The highest BCUT2D eigenvalue weighted by Gasteiger charge is 2.19. The summed E-state index contributed by atoms with van der Waals surface area (Å²) in [6.45, 7) is 4.48. The normalized spacial score (nSPS) is 11.5. The third kappa shape index (κ3) is 5.42. The minimum atomic E-state index is -3.55. The third-order valence-electron chi connectivity index (χ3n) is 3.28. The molecule has 0 bridgehead atoms. The number of furan rings is 1. The van der Waals surface area contributed by atoms with Crippen LogP contribution in [0.4, 0.5) is 0 Å². The Labute approximate surface area is 142 Å². The van der Waals surface area contributed by atoms with Crippen molar-refractivity contribution in [2.75, 3.05) is 6.26 Å². The summed E-state index contributed by atoms with van der Waals surface area (Å²) < 4.78 is 32.4. The molecule has 0 aliphatic rings. The summed E-state index contributed by atoms with van der Waals surface area (Å²) >= 11 is 0. The lowest BCUT2D eigenvalue weighted by Gasteiger charge is -2.24. The smallest absolute Gasteiger partial charge is 0.306 e. The summed E-state index contributed by atoms with van der Waals surface area (Å²) in [4.78, 5) is 14.1. The summed E-state index contributed by atoms with van der Waals surface area (Å²) in [6, 6.07) is 10.2. The lowest BCUT2D eigenvalue weighted by Crippen LogP contribution is -2.33. The molecule has 0 N–H and O–H groups in total. The summed E-state index contributed by atoms with van der Waals surface area (Å²) in [7, 11) is -3.55. The zero-order valence-corrected chi connectivity index (χ0v) is 14.7. The first kappa shape index (κ1) is 18.1. The molecule has 2 rings (SSSR count). The number of rotatable bonds is 7. The van der Waals surface area contributed by atoms with Gasteiger partial charge < -0.3 is 13.5 Å². The van der Waals surface area contributed by atoms with Crippen LogP contribution >= 0.6 is 0 Å². The molecule has 1 aromatic carbocycles. The number of hydrogen-bond acceptors (Lipinski definition) is 5. The van der Waals surface area contributed by atoms with Gasteiger partial charge in [0.2, 0.25) is 5.91 Å². The van der Waals surface area contributed by atoms with E-state index in [1.807, 2.05) is 19.9 Å². The summed E-state index contributed by atoms with van der Waals surface area (Å²) in [5, 5.41) is 0. The molecule has 0 atom stereocenters. The van der Waals surface area contributed by atoms with Gasteiger partial charge in [0, 0.05) is 12.5 Å². The molecular formula is C17H21NO5S. The SMILES string of the molecule is CC(C)C(=O)N(Cc1ccc(OS(C)(=O)=O)cc1)Cc1ccco1. The van der Waals surface area contributed by atoms with Gasteiger partial charge in [-0.3, -0.25) is 4.79 Å². The fourth-order valence-corrected chi connectivity index (χ4v) is 2.67. The third-order valence-corrected chi connectivity index (χ3v) is 3.77. The maximum atomic E-state index is 12.4. The highest BCUT2D eigenvalue weighted by molar-refractivity contribution is 7.86. The molecule has 7 heteroatoms. The lowest BCUT2D eigenvalue weighted by molar-refractivity contribution is -0.136. The van der Waals surface area contributed by atoms with Crippen LogP contribution in [0.3, 0.4) is 0 Å².